The lowest BCUT2D eigenvalue weighted by molar-refractivity contribution is -0.119. The summed E-state index contributed by atoms with van der Waals surface area (Å²) in [5.41, 5.74) is 1.55. The molecule has 0 aliphatic rings. The molecule has 1 heterocycles. The van der Waals surface area contributed by atoms with Gasteiger partial charge in [-0.3, -0.25) is 4.79 Å². The number of imidazole rings is 1. The van der Waals surface area contributed by atoms with Crippen LogP contribution < -0.4 is 20.5 Å². The van der Waals surface area contributed by atoms with Crippen molar-refractivity contribution in [2.45, 2.75) is 6.92 Å². The number of hydrogen-bond donors (Lipinski definition) is 3. The second-order valence-corrected chi connectivity index (χ2v) is 5.76. The first-order valence-corrected chi connectivity index (χ1v) is 8.50. The third-order valence-corrected chi connectivity index (χ3v) is 3.83. The van der Waals surface area contributed by atoms with Crippen molar-refractivity contribution in [2.75, 3.05) is 25.6 Å². The van der Waals surface area contributed by atoms with E-state index in [9.17, 15) is 14.4 Å². The fraction of sp³-hybridized carbons (Fsp3) is 0.211. The Balaban J connectivity index is 1.60. The second-order valence-electron chi connectivity index (χ2n) is 5.76. The third kappa shape index (κ3) is 4.32. The number of nitrogens with one attached hydrogen (secondary N) is 3. The predicted molar refractivity (Wildman–Crippen MR) is 102 cm³/mol. The Kier molecular flexibility index (Phi) is 5.64. The molecule has 2 aromatic carbocycles. The largest absolute Gasteiger partial charge is 0.493 e. The van der Waals surface area contributed by atoms with Crippen LogP contribution in [0.4, 0.5) is 5.69 Å². The highest BCUT2D eigenvalue weighted by Crippen LogP contribution is 2.28. The van der Waals surface area contributed by atoms with Crippen molar-refractivity contribution in [2.24, 2.45) is 0 Å². The number of carbonyl (C=O) groups is 2. The Morgan fingerprint density at radius 1 is 1.04 bits per heavy atom. The maximum Gasteiger partial charge on any atom is 0.338 e. The number of H-pyrrole nitrogens is 2. The molecule has 3 rings (SSSR count). The van der Waals surface area contributed by atoms with E-state index in [4.69, 9.17) is 14.2 Å². The molecule has 0 aliphatic heterocycles. The van der Waals surface area contributed by atoms with Crippen LogP contribution in [0.25, 0.3) is 11.0 Å². The maximum absolute atomic E-state index is 12.2. The molecule has 1 aromatic heterocycles. The van der Waals surface area contributed by atoms with Crippen molar-refractivity contribution >= 4 is 28.6 Å². The average molecular weight is 385 g/mol. The first-order chi connectivity index (χ1) is 13.5. The number of aromatic amines is 2. The lowest BCUT2D eigenvalue weighted by Gasteiger charge is -2.11. The number of anilines is 1. The monoisotopic (exact) mass is 385 g/mol. The average Bonchev–Trinajstić information content (AvgIpc) is 3.06. The van der Waals surface area contributed by atoms with E-state index in [0.29, 0.717) is 34.8 Å². The van der Waals surface area contributed by atoms with Crippen LogP contribution in [0.15, 0.2) is 41.2 Å². The van der Waals surface area contributed by atoms with Crippen molar-refractivity contribution < 1.29 is 23.8 Å². The van der Waals surface area contributed by atoms with Crippen molar-refractivity contribution in [1.29, 1.82) is 0 Å². The summed E-state index contributed by atoms with van der Waals surface area (Å²) >= 11 is 0. The first-order valence-electron chi connectivity index (χ1n) is 8.50. The van der Waals surface area contributed by atoms with E-state index in [2.05, 4.69) is 15.3 Å². The van der Waals surface area contributed by atoms with Crippen LogP contribution in [-0.4, -0.2) is 42.2 Å². The molecule has 1 amide bonds. The molecule has 9 heteroatoms. The molecular formula is C19H19N3O6. The molecule has 0 bridgehead atoms. The number of hydrogen-bond acceptors (Lipinski definition) is 6. The van der Waals surface area contributed by atoms with Gasteiger partial charge in [-0.15, -0.1) is 0 Å². The highest BCUT2D eigenvalue weighted by molar-refractivity contribution is 5.96. The van der Waals surface area contributed by atoms with Crippen molar-refractivity contribution in [1.82, 2.24) is 9.97 Å². The number of fused-ring (bicyclic) bond motifs is 1. The zero-order valence-corrected chi connectivity index (χ0v) is 15.3. The van der Waals surface area contributed by atoms with Gasteiger partial charge in [-0.05, 0) is 43.3 Å². The zero-order valence-electron chi connectivity index (χ0n) is 15.3. The highest BCUT2D eigenvalue weighted by atomic mass is 16.5. The summed E-state index contributed by atoms with van der Waals surface area (Å²) in [6, 6.07) is 9.51. The van der Waals surface area contributed by atoms with Crippen molar-refractivity contribution in [3.8, 4) is 11.5 Å². The van der Waals surface area contributed by atoms with E-state index in [1.54, 1.807) is 24.3 Å². The second kappa shape index (κ2) is 8.30. The quantitative estimate of drug-likeness (QED) is 0.535. The Hall–Kier alpha value is -3.75. The molecule has 0 saturated carbocycles. The van der Waals surface area contributed by atoms with Gasteiger partial charge in [0.05, 0.1) is 30.3 Å². The van der Waals surface area contributed by atoms with E-state index >= 15 is 0 Å². The van der Waals surface area contributed by atoms with Crippen LogP contribution >= 0.6 is 0 Å². The van der Waals surface area contributed by atoms with Gasteiger partial charge in [0.1, 0.15) is 0 Å². The third-order valence-electron chi connectivity index (χ3n) is 3.83. The van der Waals surface area contributed by atoms with E-state index in [1.807, 2.05) is 6.92 Å². The lowest BCUT2D eigenvalue weighted by atomic mass is 10.2. The van der Waals surface area contributed by atoms with Gasteiger partial charge < -0.3 is 29.5 Å². The SMILES string of the molecule is CCOc1ccc(C(=O)OCC(=O)Nc2ccc3[nH]c(=O)[nH]c3c2)cc1OC. The van der Waals surface area contributed by atoms with Crippen LogP contribution in [0.1, 0.15) is 17.3 Å². The Morgan fingerprint density at radius 2 is 1.82 bits per heavy atom. The molecule has 0 saturated heterocycles. The van der Waals surface area contributed by atoms with Gasteiger partial charge in [-0.25, -0.2) is 9.59 Å². The van der Waals surface area contributed by atoms with Gasteiger partial charge in [0.25, 0.3) is 5.91 Å². The number of methoxy groups -OCH3 is 1. The molecule has 0 fully saturated rings. The molecule has 28 heavy (non-hydrogen) atoms. The van der Waals surface area contributed by atoms with E-state index in [1.165, 1.54) is 19.2 Å². The fourth-order valence-electron chi connectivity index (χ4n) is 2.59. The Labute approximate surface area is 159 Å². The summed E-state index contributed by atoms with van der Waals surface area (Å²) in [5.74, 6) is -0.266. The molecule has 0 radical (unpaired) electrons. The number of aromatic nitrogens is 2. The zero-order chi connectivity index (χ0) is 20.1. The van der Waals surface area contributed by atoms with Gasteiger partial charge in [-0.1, -0.05) is 0 Å². The number of carbonyl (C=O) groups excluding carboxylic acids is 2. The molecule has 0 spiro atoms. The predicted octanol–water partition coefficient (Wildman–Crippen LogP) is 2.06. The summed E-state index contributed by atoms with van der Waals surface area (Å²) < 4.78 is 15.6. The smallest absolute Gasteiger partial charge is 0.338 e. The summed E-state index contributed by atoms with van der Waals surface area (Å²) in [6.45, 7) is 1.84. The highest BCUT2D eigenvalue weighted by Gasteiger charge is 2.14. The normalized spacial score (nSPS) is 10.5. The van der Waals surface area contributed by atoms with Gasteiger partial charge in [-0.2, -0.15) is 0 Å². The van der Waals surface area contributed by atoms with Crippen LogP contribution in [0.5, 0.6) is 11.5 Å². The van der Waals surface area contributed by atoms with Crippen molar-refractivity contribution in [3.63, 3.8) is 0 Å². The molecule has 3 aromatic rings. The minimum Gasteiger partial charge on any atom is -0.493 e. The summed E-state index contributed by atoms with van der Waals surface area (Å²) in [4.78, 5) is 40.7. The minimum absolute atomic E-state index is 0.236. The molecule has 3 N–H and O–H groups in total. The fourth-order valence-corrected chi connectivity index (χ4v) is 2.59. The van der Waals surface area contributed by atoms with E-state index < -0.39 is 18.5 Å². The molecule has 0 aliphatic carbocycles. The first kappa shape index (κ1) is 19.0. The number of esters is 1. The summed E-state index contributed by atoms with van der Waals surface area (Å²) in [7, 11) is 1.47. The number of benzene rings is 2. The molecule has 9 nitrogen and oxygen atoms in total. The maximum atomic E-state index is 12.2. The van der Waals surface area contributed by atoms with Gasteiger partial charge in [0, 0.05) is 5.69 Å². The number of ether oxygens (including phenoxy) is 3. The molecule has 0 unspecified atom stereocenters. The summed E-state index contributed by atoms with van der Waals surface area (Å²) in [5, 5.41) is 2.60. The minimum atomic E-state index is -0.665. The molecular weight excluding hydrogens is 366 g/mol. The number of rotatable bonds is 7. The van der Waals surface area contributed by atoms with Gasteiger partial charge >= 0.3 is 11.7 Å². The van der Waals surface area contributed by atoms with E-state index in [-0.39, 0.29) is 11.3 Å². The topological polar surface area (TPSA) is 123 Å². The number of amides is 1. The molecule has 146 valence electrons. The van der Waals surface area contributed by atoms with E-state index in [0.717, 1.165) is 0 Å². The van der Waals surface area contributed by atoms with Crippen LogP contribution in [0.2, 0.25) is 0 Å². The summed E-state index contributed by atoms with van der Waals surface area (Å²) in [6.07, 6.45) is 0. The van der Waals surface area contributed by atoms with Gasteiger partial charge in [0.15, 0.2) is 18.1 Å². The standard InChI is InChI=1S/C19H19N3O6/c1-3-27-15-7-4-11(8-16(15)26-2)18(24)28-10-17(23)20-12-5-6-13-14(9-12)22-19(25)21-13/h4-9H,3,10H2,1-2H3,(H,20,23)(H2,21,22,25). The Morgan fingerprint density at radius 3 is 2.57 bits per heavy atom. The van der Waals surface area contributed by atoms with Crippen LogP contribution in [0, 0.1) is 0 Å². The van der Waals surface area contributed by atoms with Crippen LogP contribution in [-0.2, 0) is 9.53 Å². The lowest BCUT2D eigenvalue weighted by Crippen LogP contribution is -2.21. The van der Waals surface area contributed by atoms with Crippen molar-refractivity contribution in [3.05, 3.63) is 52.4 Å². The van der Waals surface area contributed by atoms with Crippen LogP contribution in [0.3, 0.4) is 0 Å². The molecule has 0 atom stereocenters. The van der Waals surface area contributed by atoms with Gasteiger partial charge in [0.2, 0.25) is 0 Å². The Bertz CT molecular complexity index is 1070.